The van der Waals surface area contributed by atoms with Crippen LogP contribution in [0.15, 0.2) is 54.6 Å². The number of benzene rings is 2. The fourth-order valence-electron chi connectivity index (χ4n) is 3.26. The lowest BCUT2D eigenvalue weighted by atomic mass is 9.77. The number of fused-ring (bicyclic) bond motifs is 1. The van der Waals surface area contributed by atoms with Crippen LogP contribution in [0.2, 0.25) is 0 Å². The van der Waals surface area contributed by atoms with Gasteiger partial charge in [0.05, 0.1) is 29.5 Å². The van der Waals surface area contributed by atoms with Crippen LogP contribution < -0.4 is 10.2 Å². The first kappa shape index (κ1) is 18.0. The van der Waals surface area contributed by atoms with Crippen molar-refractivity contribution in [1.82, 2.24) is 4.98 Å². The standard InChI is InChI=1S/C22H24BNO3/c1-21(2)22(3,4)27-23(26-21)17-12-10-16(14-20(17)25-5)19-13-11-15-8-6-7-9-18(15)24-19/h6-14H,1-5H3. The zero-order valence-corrected chi connectivity index (χ0v) is 16.4. The van der Waals surface area contributed by atoms with Gasteiger partial charge in [-0.15, -0.1) is 0 Å². The highest BCUT2D eigenvalue weighted by Gasteiger charge is 2.52. The van der Waals surface area contributed by atoms with E-state index in [2.05, 4.69) is 12.1 Å². The summed E-state index contributed by atoms with van der Waals surface area (Å²) < 4.78 is 18.0. The summed E-state index contributed by atoms with van der Waals surface area (Å²) in [5, 5.41) is 1.13. The fourth-order valence-corrected chi connectivity index (χ4v) is 3.26. The quantitative estimate of drug-likeness (QED) is 0.656. The molecular formula is C22H24BNO3. The second-order valence-corrected chi connectivity index (χ2v) is 7.93. The first-order chi connectivity index (χ1) is 12.8. The highest BCUT2D eigenvalue weighted by molar-refractivity contribution is 6.63. The van der Waals surface area contributed by atoms with E-state index in [1.165, 1.54) is 0 Å². The highest BCUT2D eigenvalue weighted by Crippen LogP contribution is 2.37. The fraction of sp³-hybridized carbons (Fsp3) is 0.318. The van der Waals surface area contributed by atoms with Gasteiger partial charge in [-0.25, -0.2) is 4.98 Å². The Labute approximate surface area is 160 Å². The molecule has 0 spiro atoms. The molecule has 0 saturated carbocycles. The zero-order valence-electron chi connectivity index (χ0n) is 16.4. The third kappa shape index (κ3) is 3.11. The van der Waals surface area contributed by atoms with Gasteiger partial charge in [-0.3, -0.25) is 0 Å². The van der Waals surface area contributed by atoms with Gasteiger partial charge in [0.2, 0.25) is 0 Å². The zero-order chi connectivity index (χ0) is 19.2. The van der Waals surface area contributed by atoms with Gasteiger partial charge in [0, 0.05) is 16.4 Å². The number of hydrogen-bond donors (Lipinski definition) is 0. The number of hydrogen-bond acceptors (Lipinski definition) is 4. The summed E-state index contributed by atoms with van der Waals surface area (Å²) in [6.45, 7) is 8.19. The number of methoxy groups -OCH3 is 1. The van der Waals surface area contributed by atoms with Crippen LogP contribution in [0.5, 0.6) is 5.75 Å². The predicted molar refractivity (Wildman–Crippen MR) is 109 cm³/mol. The molecule has 0 N–H and O–H groups in total. The molecule has 0 unspecified atom stereocenters. The maximum Gasteiger partial charge on any atom is 0.498 e. The van der Waals surface area contributed by atoms with Gasteiger partial charge in [0.15, 0.2) is 0 Å². The van der Waals surface area contributed by atoms with E-state index in [4.69, 9.17) is 19.0 Å². The number of aromatic nitrogens is 1. The Balaban J connectivity index is 1.71. The molecule has 27 heavy (non-hydrogen) atoms. The van der Waals surface area contributed by atoms with Crippen molar-refractivity contribution in [3.8, 4) is 17.0 Å². The molecule has 0 radical (unpaired) electrons. The van der Waals surface area contributed by atoms with Crippen molar-refractivity contribution in [3.63, 3.8) is 0 Å². The lowest BCUT2D eigenvalue weighted by Crippen LogP contribution is -2.41. The minimum atomic E-state index is -0.455. The van der Waals surface area contributed by atoms with E-state index in [0.29, 0.717) is 0 Å². The summed E-state index contributed by atoms with van der Waals surface area (Å²) >= 11 is 0. The van der Waals surface area contributed by atoms with Crippen molar-refractivity contribution in [2.45, 2.75) is 38.9 Å². The molecule has 1 saturated heterocycles. The molecule has 0 atom stereocenters. The van der Waals surface area contributed by atoms with Crippen LogP contribution in [0.25, 0.3) is 22.2 Å². The normalized spacial score (nSPS) is 18.0. The number of rotatable bonds is 3. The molecule has 1 aliphatic heterocycles. The van der Waals surface area contributed by atoms with Crippen LogP contribution >= 0.6 is 0 Å². The molecule has 0 aliphatic carbocycles. The van der Waals surface area contributed by atoms with Crippen LogP contribution in [0.1, 0.15) is 27.7 Å². The lowest BCUT2D eigenvalue weighted by molar-refractivity contribution is 0.00578. The molecular weight excluding hydrogens is 337 g/mol. The molecule has 3 aromatic rings. The number of ether oxygens (including phenoxy) is 1. The molecule has 0 bridgehead atoms. The third-order valence-electron chi connectivity index (χ3n) is 5.63. The Hall–Kier alpha value is -2.37. The molecule has 1 fully saturated rings. The summed E-state index contributed by atoms with van der Waals surface area (Å²) in [5.41, 5.74) is 3.00. The van der Waals surface area contributed by atoms with Crippen molar-refractivity contribution in [3.05, 3.63) is 54.6 Å². The summed E-state index contributed by atoms with van der Waals surface area (Å²) in [6, 6.07) is 18.3. The third-order valence-corrected chi connectivity index (χ3v) is 5.63. The monoisotopic (exact) mass is 361 g/mol. The second kappa shape index (κ2) is 6.36. The Morgan fingerprint density at radius 2 is 1.59 bits per heavy atom. The van der Waals surface area contributed by atoms with Crippen LogP contribution in [0.3, 0.4) is 0 Å². The first-order valence-corrected chi connectivity index (χ1v) is 9.20. The molecule has 2 heterocycles. The summed E-state index contributed by atoms with van der Waals surface area (Å²) in [4.78, 5) is 4.78. The maximum atomic E-state index is 6.18. The van der Waals surface area contributed by atoms with Gasteiger partial charge in [0.25, 0.3) is 0 Å². The first-order valence-electron chi connectivity index (χ1n) is 9.20. The van der Waals surface area contributed by atoms with Crippen LogP contribution in [0.4, 0.5) is 0 Å². The van der Waals surface area contributed by atoms with E-state index in [0.717, 1.165) is 33.4 Å². The van der Waals surface area contributed by atoms with Crippen LogP contribution in [-0.2, 0) is 9.31 Å². The van der Waals surface area contributed by atoms with Gasteiger partial charge < -0.3 is 14.0 Å². The van der Waals surface area contributed by atoms with Crippen molar-refractivity contribution in [2.75, 3.05) is 7.11 Å². The van der Waals surface area contributed by atoms with Gasteiger partial charge in [-0.1, -0.05) is 36.4 Å². The Morgan fingerprint density at radius 3 is 2.30 bits per heavy atom. The molecule has 2 aromatic carbocycles. The largest absolute Gasteiger partial charge is 0.498 e. The van der Waals surface area contributed by atoms with E-state index in [1.54, 1.807) is 7.11 Å². The number of pyridine rings is 1. The number of para-hydroxylation sites is 1. The Kier molecular flexibility index (Phi) is 4.24. The van der Waals surface area contributed by atoms with E-state index < -0.39 is 7.12 Å². The predicted octanol–water partition coefficient (Wildman–Crippen LogP) is 4.21. The van der Waals surface area contributed by atoms with E-state index in [9.17, 15) is 0 Å². The average Bonchev–Trinajstić information content (AvgIpc) is 2.88. The average molecular weight is 361 g/mol. The minimum absolute atomic E-state index is 0.388. The summed E-state index contributed by atoms with van der Waals surface area (Å²) in [5.74, 6) is 0.737. The smallest absolute Gasteiger partial charge is 0.497 e. The molecule has 4 rings (SSSR count). The van der Waals surface area contributed by atoms with Gasteiger partial charge in [-0.05, 0) is 45.9 Å². The maximum absolute atomic E-state index is 6.18. The lowest BCUT2D eigenvalue weighted by Gasteiger charge is -2.32. The van der Waals surface area contributed by atoms with Crippen LogP contribution in [-0.4, -0.2) is 30.4 Å². The molecule has 5 heteroatoms. The van der Waals surface area contributed by atoms with Crippen molar-refractivity contribution >= 4 is 23.5 Å². The number of nitrogens with zero attached hydrogens (tertiary/aromatic N) is 1. The highest BCUT2D eigenvalue weighted by atomic mass is 16.7. The second-order valence-electron chi connectivity index (χ2n) is 7.93. The Bertz CT molecular complexity index is 984. The van der Waals surface area contributed by atoms with Crippen molar-refractivity contribution < 1.29 is 14.0 Å². The van der Waals surface area contributed by atoms with Crippen molar-refractivity contribution in [1.29, 1.82) is 0 Å². The molecule has 138 valence electrons. The van der Waals surface area contributed by atoms with E-state index in [-0.39, 0.29) is 11.2 Å². The van der Waals surface area contributed by atoms with Gasteiger partial charge in [0.1, 0.15) is 5.75 Å². The molecule has 0 amide bonds. The molecule has 4 nitrogen and oxygen atoms in total. The van der Waals surface area contributed by atoms with Crippen LogP contribution in [0, 0.1) is 0 Å². The van der Waals surface area contributed by atoms with E-state index in [1.807, 2.05) is 70.2 Å². The van der Waals surface area contributed by atoms with Gasteiger partial charge >= 0.3 is 7.12 Å². The summed E-state index contributed by atoms with van der Waals surface area (Å²) in [7, 11) is 1.21. The SMILES string of the molecule is COc1cc(-c2ccc3ccccc3n2)ccc1B1OC(C)(C)C(C)(C)O1. The Morgan fingerprint density at radius 1 is 0.889 bits per heavy atom. The van der Waals surface area contributed by atoms with E-state index >= 15 is 0 Å². The summed E-state index contributed by atoms with van der Waals surface area (Å²) in [6.07, 6.45) is 0. The van der Waals surface area contributed by atoms with Crippen molar-refractivity contribution in [2.24, 2.45) is 0 Å². The topological polar surface area (TPSA) is 40.6 Å². The minimum Gasteiger partial charge on any atom is -0.497 e. The molecule has 1 aliphatic rings. The van der Waals surface area contributed by atoms with Gasteiger partial charge in [-0.2, -0.15) is 0 Å². The molecule has 1 aromatic heterocycles.